The van der Waals surface area contributed by atoms with Crippen molar-refractivity contribution in [2.24, 2.45) is 0 Å². The van der Waals surface area contributed by atoms with Gasteiger partial charge in [0.05, 0.1) is 0 Å². The maximum absolute atomic E-state index is 9.59. The van der Waals surface area contributed by atoms with Gasteiger partial charge in [0.1, 0.15) is 17.3 Å². The van der Waals surface area contributed by atoms with Gasteiger partial charge >= 0.3 is 0 Å². The van der Waals surface area contributed by atoms with E-state index in [1.807, 2.05) is 6.07 Å². The van der Waals surface area contributed by atoms with Gasteiger partial charge in [-0.15, -0.1) is 5.10 Å². The fourth-order valence-electron chi connectivity index (χ4n) is 1.29. The number of aromatic nitrogens is 3. The second-order valence-corrected chi connectivity index (χ2v) is 2.96. The molecule has 0 aliphatic carbocycles. The molecular weight excluding hydrogens is 226 g/mol. The Morgan fingerprint density at radius 2 is 2.41 bits per heavy atom. The minimum atomic E-state index is -0.255. The Hall–Kier alpha value is -2.66. The number of aromatic hydroxyl groups is 1. The lowest BCUT2D eigenvalue weighted by Crippen LogP contribution is -2.05. The predicted octanol–water partition coefficient (Wildman–Crippen LogP) is 0.362. The fourth-order valence-corrected chi connectivity index (χ4v) is 1.29. The van der Waals surface area contributed by atoms with E-state index in [1.165, 1.54) is 16.6 Å². The fraction of sp³-hybridized carbons (Fsp3) is 0.111. The maximum atomic E-state index is 9.59. The van der Waals surface area contributed by atoms with Crippen molar-refractivity contribution in [1.29, 1.82) is 10.7 Å². The molecule has 0 amide bonds. The van der Waals surface area contributed by atoms with Crippen LogP contribution < -0.4 is 0 Å². The van der Waals surface area contributed by atoms with Gasteiger partial charge in [-0.1, -0.05) is 0 Å². The summed E-state index contributed by atoms with van der Waals surface area (Å²) in [6.07, 6.45) is 0.606. The van der Waals surface area contributed by atoms with Crippen LogP contribution in [0.15, 0.2) is 12.1 Å². The number of fused-ring (bicyclic) bond motifs is 1. The minimum Gasteiger partial charge on any atom is -0.492 e. The highest BCUT2D eigenvalue weighted by Crippen LogP contribution is 2.17. The molecule has 2 rings (SSSR count). The monoisotopic (exact) mass is 233 g/mol. The number of nitrogens with zero attached hydrogens (tertiary/aromatic N) is 4. The second-order valence-electron chi connectivity index (χ2n) is 2.96. The van der Waals surface area contributed by atoms with E-state index in [2.05, 4.69) is 19.9 Å². The second kappa shape index (κ2) is 4.46. The minimum absolute atomic E-state index is 0.129. The van der Waals surface area contributed by atoms with Crippen molar-refractivity contribution in [3.63, 3.8) is 0 Å². The molecule has 0 aliphatic heterocycles. The van der Waals surface area contributed by atoms with Gasteiger partial charge in [-0.25, -0.2) is 4.52 Å². The van der Waals surface area contributed by atoms with Crippen LogP contribution in [-0.2, 0) is 16.4 Å². The largest absolute Gasteiger partial charge is 0.492 e. The van der Waals surface area contributed by atoms with Crippen molar-refractivity contribution in [1.82, 2.24) is 14.6 Å². The van der Waals surface area contributed by atoms with Crippen LogP contribution >= 0.6 is 0 Å². The summed E-state index contributed by atoms with van der Waals surface area (Å²) in [5.41, 5.74) is 0.602. The molecule has 0 atom stereocenters. The van der Waals surface area contributed by atoms with Gasteiger partial charge in [-0.05, 0) is 12.1 Å². The average Bonchev–Trinajstić information content (AvgIpc) is 2.73. The van der Waals surface area contributed by atoms with Crippen molar-refractivity contribution in [3.05, 3.63) is 23.7 Å². The highest BCUT2D eigenvalue weighted by molar-refractivity contribution is 5.58. The molecule has 0 spiro atoms. The number of nitrogens with one attached hydrogen (secondary N) is 1. The number of hydrogen-bond acceptors (Lipinski definition) is 7. The lowest BCUT2D eigenvalue weighted by atomic mass is 10.5. The highest BCUT2D eigenvalue weighted by Gasteiger charge is 2.10. The van der Waals surface area contributed by atoms with E-state index >= 15 is 0 Å². The van der Waals surface area contributed by atoms with Gasteiger partial charge < -0.3 is 9.99 Å². The van der Waals surface area contributed by atoms with E-state index < -0.39 is 0 Å². The van der Waals surface area contributed by atoms with Crippen molar-refractivity contribution in [2.45, 2.75) is 6.61 Å². The lowest BCUT2D eigenvalue weighted by Gasteiger charge is -2.02. The predicted molar refractivity (Wildman–Crippen MR) is 54.0 cm³/mol. The van der Waals surface area contributed by atoms with E-state index in [9.17, 15) is 5.11 Å². The van der Waals surface area contributed by atoms with Crippen molar-refractivity contribution in [2.75, 3.05) is 0 Å². The van der Waals surface area contributed by atoms with Gasteiger partial charge in [0.15, 0.2) is 12.4 Å². The van der Waals surface area contributed by atoms with E-state index in [0.29, 0.717) is 11.9 Å². The Morgan fingerprint density at radius 1 is 1.59 bits per heavy atom. The Bertz CT molecular complexity index is 600. The Balaban J connectivity index is 2.39. The molecule has 8 heteroatoms. The summed E-state index contributed by atoms with van der Waals surface area (Å²) < 4.78 is 1.26. The number of rotatable bonds is 4. The van der Waals surface area contributed by atoms with Gasteiger partial charge in [-0.2, -0.15) is 15.1 Å². The van der Waals surface area contributed by atoms with Crippen molar-refractivity contribution >= 4 is 11.9 Å². The van der Waals surface area contributed by atoms with Crippen molar-refractivity contribution < 1.29 is 14.9 Å². The first kappa shape index (κ1) is 10.8. The summed E-state index contributed by atoms with van der Waals surface area (Å²) >= 11 is 0. The van der Waals surface area contributed by atoms with Crippen LogP contribution in [0.5, 0.6) is 5.88 Å². The quantitative estimate of drug-likeness (QED) is 0.259. The third kappa shape index (κ3) is 1.99. The third-order valence-corrected chi connectivity index (χ3v) is 1.95. The van der Waals surface area contributed by atoms with Crippen LogP contribution in [0.3, 0.4) is 0 Å². The topological polar surface area (TPSA) is 117 Å². The maximum Gasteiger partial charge on any atom is 0.239 e. The first-order chi connectivity index (χ1) is 8.26. The van der Waals surface area contributed by atoms with Crippen LogP contribution in [0, 0.1) is 16.7 Å². The first-order valence-corrected chi connectivity index (χ1v) is 4.51. The molecule has 2 aromatic heterocycles. The Morgan fingerprint density at radius 3 is 3.12 bits per heavy atom. The zero-order valence-corrected chi connectivity index (χ0v) is 8.49. The zero-order chi connectivity index (χ0) is 12.3. The summed E-state index contributed by atoms with van der Waals surface area (Å²) in [7, 11) is 0. The molecule has 2 heterocycles. The van der Waals surface area contributed by atoms with E-state index in [-0.39, 0.29) is 24.0 Å². The molecule has 0 radical (unpaired) electrons. The van der Waals surface area contributed by atoms with Crippen LogP contribution in [0.2, 0.25) is 0 Å². The molecule has 2 aromatic rings. The molecule has 17 heavy (non-hydrogen) atoms. The molecule has 0 saturated carbocycles. The summed E-state index contributed by atoms with van der Waals surface area (Å²) in [5, 5.41) is 29.0. The van der Waals surface area contributed by atoms with Crippen LogP contribution in [-0.4, -0.2) is 26.1 Å². The third-order valence-electron chi connectivity index (χ3n) is 1.95. The first-order valence-electron chi connectivity index (χ1n) is 4.51. The SMILES string of the molecule is N#Cc1ccc2c(O)nc(COOC=N)nn12. The highest BCUT2D eigenvalue weighted by atomic mass is 17.2. The van der Waals surface area contributed by atoms with Crippen molar-refractivity contribution in [3.8, 4) is 11.9 Å². The molecular formula is C9H7N5O3. The summed E-state index contributed by atoms with van der Waals surface area (Å²) in [6.45, 7) is -0.151. The van der Waals surface area contributed by atoms with Gasteiger partial charge in [0.25, 0.3) is 0 Å². The van der Waals surface area contributed by atoms with Gasteiger partial charge in [0.2, 0.25) is 12.3 Å². The molecule has 8 nitrogen and oxygen atoms in total. The Labute approximate surface area is 95.1 Å². The van der Waals surface area contributed by atoms with E-state index in [1.54, 1.807) is 0 Å². The molecule has 0 bridgehead atoms. The molecule has 0 aromatic carbocycles. The molecule has 0 unspecified atom stereocenters. The summed E-state index contributed by atoms with van der Waals surface area (Å²) in [5.74, 6) is -0.125. The van der Waals surface area contributed by atoms with Crippen LogP contribution in [0.25, 0.3) is 5.52 Å². The molecule has 0 saturated heterocycles. The average molecular weight is 233 g/mol. The smallest absolute Gasteiger partial charge is 0.239 e. The normalized spacial score (nSPS) is 10.1. The molecule has 0 aliphatic rings. The number of hydrogen-bond donors (Lipinski definition) is 2. The molecule has 0 fully saturated rings. The zero-order valence-electron chi connectivity index (χ0n) is 8.49. The lowest BCUT2D eigenvalue weighted by molar-refractivity contribution is -0.229. The van der Waals surface area contributed by atoms with Gasteiger partial charge in [0, 0.05) is 0 Å². The van der Waals surface area contributed by atoms with E-state index in [0.717, 1.165) is 0 Å². The molecule has 86 valence electrons. The summed E-state index contributed by atoms with van der Waals surface area (Å²) in [4.78, 5) is 12.5. The van der Waals surface area contributed by atoms with E-state index in [4.69, 9.17) is 10.7 Å². The van der Waals surface area contributed by atoms with Crippen LogP contribution in [0.1, 0.15) is 11.5 Å². The standard InChI is InChI=1S/C9H7N5O3/c10-3-6-1-2-7-9(15)12-8(13-14(6)7)4-16-17-5-11/h1-2,5,11H,4H2,(H,12,13,15). The van der Waals surface area contributed by atoms with Gasteiger partial charge in [-0.3, -0.25) is 5.41 Å². The number of nitriles is 1. The molecule has 2 N–H and O–H groups in total. The summed E-state index contributed by atoms with van der Waals surface area (Å²) in [6, 6.07) is 4.98. The Kier molecular flexibility index (Phi) is 2.85. The van der Waals surface area contributed by atoms with Crippen LogP contribution in [0.4, 0.5) is 0 Å².